The van der Waals surface area contributed by atoms with E-state index in [1.54, 1.807) is 48.6 Å². The van der Waals surface area contributed by atoms with Crippen molar-refractivity contribution in [2.24, 2.45) is 0 Å². The first kappa shape index (κ1) is 30.4. The Morgan fingerprint density at radius 2 is 1.71 bits per heavy atom. The quantitative estimate of drug-likeness (QED) is 0.114. The molecule has 0 aliphatic rings. The van der Waals surface area contributed by atoms with E-state index in [0.717, 1.165) is 27.7 Å². The van der Waals surface area contributed by atoms with E-state index in [9.17, 15) is 29.5 Å². The number of benzene rings is 3. The van der Waals surface area contributed by atoms with Crippen LogP contribution in [0.4, 0.5) is 4.39 Å². The number of fused-ring (bicyclic) bond motifs is 1. The lowest BCUT2D eigenvalue weighted by molar-refractivity contribution is -0.763. The van der Waals surface area contributed by atoms with Crippen molar-refractivity contribution in [1.29, 1.82) is 0 Å². The van der Waals surface area contributed by atoms with E-state index in [0.29, 0.717) is 11.1 Å². The number of esters is 1. The first-order valence-electron chi connectivity index (χ1n) is 13.6. The second-order valence-electron chi connectivity index (χ2n) is 10.2. The fourth-order valence-corrected chi connectivity index (χ4v) is 4.92. The summed E-state index contributed by atoms with van der Waals surface area (Å²) in [7, 11) is 0. The molecular weight excluding hydrogens is 543 g/mol. The molecule has 4 rings (SSSR count). The number of carbonyl (C=O) groups excluding carboxylic acids is 1. The van der Waals surface area contributed by atoms with Crippen LogP contribution in [0.25, 0.3) is 28.1 Å². The maximum atomic E-state index is 13.7. The Balaban J connectivity index is 1.42. The molecule has 0 aliphatic carbocycles. The zero-order chi connectivity index (χ0) is 30.2. The van der Waals surface area contributed by atoms with Crippen LogP contribution in [0.2, 0.25) is 0 Å². The lowest BCUT2D eigenvalue weighted by atomic mass is 10.0. The molecule has 0 amide bonds. The normalized spacial score (nSPS) is 13.0. The Kier molecular flexibility index (Phi) is 10.1. The summed E-state index contributed by atoms with van der Waals surface area (Å²) in [5, 5.41) is 31.6. The molecule has 9 nitrogen and oxygen atoms in total. The molecule has 2 atom stereocenters. The fraction of sp³-hybridized carbons (Fsp3) is 0.281. The van der Waals surface area contributed by atoms with Gasteiger partial charge in [0.2, 0.25) is 0 Å². The van der Waals surface area contributed by atoms with Gasteiger partial charge >= 0.3 is 5.97 Å². The maximum Gasteiger partial charge on any atom is 0.308 e. The molecule has 42 heavy (non-hydrogen) atoms. The minimum Gasteiger partial charge on any atom is -0.461 e. The standard InChI is InChI=1S/C32H33FN2O7/c1-21(2)34-29-9-4-3-8-28(29)32(24-10-12-25(33)13-11-24)30(34)15-14-26(36)17-27(37)18-31(38)41-19-22-6-5-7-23(16-22)20-42-35(39)40/h3-16,21,26-27,36-37H,17-20H2,1-2H3/t26-,27-/m0/s1. The number of para-hydroxylation sites is 1. The molecule has 0 unspecified atom stereocenters. The van der Waals surface area contributed by atoms with Gasteiger partial charge in [0.1, 0.15) is 19.0 Å². The van der Waals surface area contributed by atoms with E-state index < -0.39 is 23.3 Å². The van der Waals surface area contributed by atoms with E-state index in [1.165, 1.54) is 12.1 Å². The molecule has 10 heteroatoms. The summed E-state index contributed by atoms with van der Waals surface area (Å²) in [6.07, 6.45) is 0.766. The highest BCUT2D eigenvalue weighted by Crippen LogP contribution is 2.38. The predicted molar refractivity (Wildman–Crippen MR) is 156 cm³/mol. The van der Waals surface area contributed by atoms with Crippen molar-refractivity contribution in [3.63, 3.8) is 0 Å². The highest BCUT2D eigenvalue weighted by molar-refractivity contribution is 6.01. The van der Waals surface area contributed by atoms with Crippen molar-refractivity contribution < 1.29 is 34.1 Å². The van der Waals surface area contributed by atoms with E-state index >= 15 is 0 Å². The maximum absolute atomic E-state index is 13.7. The van der Waals surface area contributed by atoms with Crippen LogP contribution in [0.15, 0.2) is 78.9 Å². The first-order valence-corrected chi connectivity index (χ1v) is 13.6. The van der Waals surface area contributed by atoms with Gasteiger partial charge in [-0.3, -0.25) is 4.79 Å². The number of carbonyl (C=O) groups is 1. The van der Waals surface area contributed by atoms with Gasteiger partial charge in [0.25, 0.3) is 5.09 Å². The molecule has 220 valence electrons. The zero-order valence-corrected chi connectivity index (χ0v) is 23.4. The van der Waals surface area contributed by atoms with Gasteiger partial charge in [-0.2, -0.15) is 0 Å². The Hall–Kier alpha value is -4.54. The van der Waals surface area contributed by atoms with Crippen LogP contribution in [0, 0.1) is 15.9 Å². The summed E-state index contributed by atoms with van der Waals surface area (Å²) in [6.45, 7) is 3.82. The van der Waals surface area contributed by atoms with Gasteiger partial charge in [0.15, 0.2) is 0 Å². The van der Waals surface area contributed by atoms with Crippen LogP contribution in [0.3, 0.4) is 0 Å². The number of aromatic nitrogens is 1. The largest absolute Gasteiger partial charge is 0.461 e. The third-order valence-electron chi connectivity index (χ3n) is 6.72. The SMILES string of the molecule is CC(C)n1c(C=C[C@H](O)C[C@H](O)CC(=O)OCc2cccc(CO[N+](=O)[O-])c2)c(-c2ccc(F)cc2)c2ccccc21. The minimum absolute atomic E-state index is 0.0772. The molecule has 0 aliphatic heterocycles. The first-order chi connectivity index (χ1) is 20.1. The lowest BCUT2D eigenvalue weighted by Crippen LogP contribution is -2.20. The average molecular weight is 577 g/mol. The van der Waals surface area contributed by atoms with Crippen molar-refractivity contribution in [2.75, 3.05) is 0 Å². The van der Waals surface area contributed by atoms with Gasteiger partial charge in [-0.15, -0.1) is 10.1 Å². The second kappa shape index (κ2) is 13.9. The second-order valence-corrected chi connectivity index (χ2v) is 10.2. The van der Waals surface area contributed by atoms with Gasteiger partial charge in [0, 0.05) is 34.6 Å². The number of nitrogens with zero attached hydrogens (tertiary/aromatic N) is 2. The number of aliphatic hydroxyl groups is 2. The molecule has 0 saturated carbocycles. The number of aliphatic hydroxyl groups excluding tert-OH is 2. The Bertz CT molecular complexity index is 1560. The molecule has 3 aromatic carbocycles. The number of ether oxygens (including phenoxy) is 1. The van der Waals surface area contributed by atoms with Crippen molar-refractivity contribution >= 4 is 22.9 Å². The smallest absolute Gasteiger partial charge is 0.308 e. The van der Waals surface area contributed by atoms with Gasteiger partial charge in [-0.05, 0) is 54.8 Å². The lowest BCUT2D eigenvalue weighted by Gasteiger charge is -2.15. The number of hydrogen-bond donors (Lipinski definition) is 2. The van der Waals surface area contributed by atoms with Gasteiger partial charge in [0.05, 0.1) is 18.6 Å². The molecule has 1 aromatic heterocycles. The highest BCUT2D eigenvalue weighted by Gasteiger charge is 2.20. The predicted octanol–water partition coefficient (Wildman–Crippen LogP) is 6.00. The molecule has 1 heterocycles. The summed E-state index contributed by atoms with van der Waals surface area (Å²) < 4.78 is 21.1. The highest BCUT2D eigenvalue weighted by atomic mass is 19.1. The van der Waals surface area contributed by atoms with Crippen LogP contribution in [-0.2, 0) is 27.6 Å². The average Bonchev–Trinajstić information content (AvgIpc) is 3.29. The number of rotatable bonds is 13. The van der Waals surface area contributed by atoms with Crippen LogP contribution in [-0.4, -0.2) is 38.0 Å². The van der Waals surface area contributed by atoms with Gasteiger partial charge in [-0.1, -0.05) is 60.7 Å². The van der Waals surface area contributed by atoms with Gasteiger partial charge in [-0.25, -0.2) is 4.39 Å². The van der Waals surface area contributed by atoms with Crippen LogP contribution in [0.5, 0.6) is 0 Å². The zero-order valence-electron chi connectivity index (χ0n) is 23.4. The minimum atomic E-state index is -1.15. The Morgan fingerprint density at radius 3 is 2.40 bits per heavy atom. The molecule has 0 bridgehead atoms. The summed E-state index contributed by atoms with van der Waals surface area (Å²) in [4.78, 5) is 27.0. The van der Waals surface area contributed by atoms with E-state index in [1.807, 2.05) is 24.3 Å². The van der Waals surface area contributed by atoms with E-state index in [2.05, 4.69) is 23.3 Å². The summed E-state index contributed by atoms with van der Waals surface area (Å²) in [6, 6.07) is 20.9. The third kappa shape index (κ3) is 7.80. The Morgan fingerprint density at radius 1 is 1.02 bits per heavy atom. The molecule has 0 fully saturated rings. The molecule has 0 saturated heterocycles. The van der Waals surface area contributed by atoms with Crippen LogP contribution < -0.4 is 0 Å². The third-order valence-corrected chi connectivity index (χ3v) is 6.72. The van der Waals surface area contributed by atoms with Crippen LogP contribution >= 0.6 is 0 Å². The monoisotopic (exact) mass is 576 g/mol. The van der Waals surface area contributed by atoms with Crippen molar-refractivity contribution in [3.8, 4) is 11.1 Å². The topological polar surface area (TPSA) is 124 Å². The molecule has 2 N–H and O–H groups in total. The van der Waals surface area contributed by atoms with Crippen molar-refractivity contribution in [1.82, 2.24) is 4.57 Å². The van der Waals surface area contributed by atoms with E-state index in [-0.39, 0.29) is 37.9 Å². The molecule has 0 radical (unpaired) electrons. The summed E-state index contributed by atoms with van der Waals surface area (Å²) in [5.41, 5.74) is 4.73. The molecule has 0 spiro atoms. The molecular formula is C32H33FN2O7. The molecule has 4 aromatic rings. The summed E-state index contributed by atoms with van der Waals surface area (Å²) in [5.74, 6) is -0.980. The Labute approximate surface area is 242 Å². The van der Waals surface area contributed by atoms with Gasteiger partial charge < -0.3 is 24.4 Å². The van der Waals surface area contributed by atoms with Crippen LogP contribution in [0.1, 0.15) is 49.6 Å². The van der Waals surface area contributed by atoms with Crippen molar-refractivity contribution in [3.05, 3.63) is 112 Å². The summed E-state index contributed by atoms with van der Waals surface area (Å²) >= 11 is 0. The number of hydrogen-bond acceptors (Lipinski definition) is 7. The van der Waals surface area contributed by atoms with E-state index in [4.69, 9.17) is 4.74 Å². The number of halogens is 1. The fourth-order valence-electron chi connectivity index (χ4n) is 4.92. The van der Waals surface area contributed by atoms with Crippen molar-refractivity contribution in [2.45, 2.75) is 58.2 Å².